The van der Waals surface area contributed by atoms with E-state index in [2.05, 4.69) is 15.2 Å². The van der Waals surface area contributed by atoms with Crippen LogP contribution in [0.4, 0.5) is 0 Å². The fraction of sp³-hybridized carbons (Fsp3) is 0.733. The van der Waals surface area contributed by atoms with E-state index in [4.69, 9.17) is 5.73 Å². The molecule has 3 rings (SSSR count). The summed E-state index contributed by atoms with van der Waals surface area (Å²) in [5.41, 5.74) is 5.26. The molecule has 0 aromatic carbocycles. The highest BCUT2D eigenvalue weighted by molar-refractivity contribution is 5.80. The Hall–Kier alpha value is -1.96. The Bertz CT molecular complexity index is 538. The van der Waals surface area contributed by atoms with Gasteiger partial charge >= 0.3 is 0 Å². The fourth-order valence-corrected chi connectivity index (χ4v) is 3.66. The summed E-state index contributed by atoms with van der Waals surface area (Å²) in [4.78, 5) is 32.0. The number of rotatable bonds is 4. The van der Waals surface area contributed by atoms with Gasteiger partial charge < -0.3 is 10.6 Å². The Morgan fingerprint density at radius 3 is 2.70 bits per heavy atom. The second kappa shape index (κ2) is 7.08. The standard InChI is InChI=1S/C15H24N6O2/c16-13(22)9-20-5-1-2-12(8-20)15(23)21-6-3-11(4-7-21)14-17-10-18-19-14/h10-12H,1-9H2,(H2,16,22)(H,17,18,19). The van der Waals surface area contributed by atoms with Crippen LogP contribution in [0, 0.1) is 5.92 Å². The molecule has 126 valence electrons. The molecule has 8 nitrogen and oxygen atoms in total. The summed E-state index contributed by atoms with van der Waals surface area (Å²) in [7, 11) is 0. The van der Waals surface area contributed by atoms with Crippen LogP contribution < -0.4 is 5.73 Å². The lowest BCUT2D eigenvalue weighted by atomic mass is 9.92. The molecule has 1 aromatic heterocycles. The first-order valence-electron chi connectivity index (χ1n) is 8.28. The highest BCUT2D eigenvalue weighted by Gasteiger charge is 2.32. The van der Waals surface area contributed by atoms with E-state index < -0.39 is 0 Å². The second-order valence-electron chi connectivity index (χ2n) is 6.51. The molecule has 1 atom stereocenters. The van der Waals surface area contributed by atoms with Gasteiger partial charge in [-0.05, 0) is 32.2 Å². The van der Waals surface area contributed by atoms with Crippen molar-refractivity contribution in [2.24, 2.45) is 11.7 Å². The molecule has 2 saturated heterocycles. The normalized spacial score (nSPS) is 23.8. The SMILES string of the molecule is NC(=O)CN1CCCC(C(=O)N2CCC(c3ncn[nH]3)CC2)C1. The molecule has 2 aliphatic heterocycles. The monoisotopic (exact) mass is 320 g/mol. The molecule has 1 unspecified atom stereocenters. The maximum atomic E-state index is 12.7. The molecule has 0 bridgehead atoms. The van der Waals surface area contributed by atoms with E-state index in [-0.39, 0.29) is 24.3 Å². The number of amides is 2. The first-order chi connectivity index (χ1) is 11.1. The van der Waals surface area contributed by atoms with Crippen molar-refractivity contribution in [2.75, 3.05) is 32.7 Å². The fourth-order valence-electron chi connectivity index (χ4n) is 3.66. The summed E-state index contributed by atoms with van der Waals surface area (Å²) in [6.45, 7) is 3.26. The maximum Gasteiger partial charge on any atom is 0.231 e. The van der Waals surface area contributed by atoms with Gasteiger partial charge in [0.2, 0.25) is 11.8 Å². The number of nitrogens with two attached hydrogens (primary N) is 1. The van der Waals surface area contributed by atoms with E-state index >= 15 is 0 Å². The minimum Gasteiger partial charge on any atom is -0.369 e. The number of likely N-dealkylation sites (tertiary alicyclic amines) is 2. The summed E-state index contributed by atoms with van der Waals surface area (Å²) in [5, 5.41) is 6.82. The highest BCUT2D eigenvalue weighted by Crippen LogP contribution is 2.27. The number of primary amides is 1. The third-order valence-corrected chi connectivity index (χ3v) is 4.86. The molecule has 0 radical (unpaired) electrons. The molecule has 2 fully saturated rings. The van der Waals surface area contributed by atoms with Gasteiger partial charge in [-0.3, -0.25) is 19.6 Å². The Morgan fingerprint density at radius 1 is 1.26 bits per heavy atom. The lowest BCUT2D eigenvalue weighted by molar-refractivity contribution is -0.139. The van der Waals surface area contributed by atoms with Gasteiger partial charge in [-0.1, -0.05) is 0 Å². The third kappa shape index (κ3) is 3.87. The van der Waals surface area contributed by atoms with Crippen molar-refractivity contribution in [3.05, 3.63) is 12.2 Å². The molecule has 23 heavy (non-hydrogen) atoms. The van der Waals surface area contributed by atoms with Crippen LogP contribution in [-0.4, -0.2) is 69.5 Å². The number of carbonyl (C=O) groups excluding carboxylic acids is 2. The molecule has 0 saturated carbocycles. The van der Waals surface area contributed by atoms with Crippen LogP contribution in [-0.2, 0) is 9.59 Å². The largest absolute Gasteiger partial charge is 0.369 e. The summed E-state index contributed by atoms with van der Waals surface area (Å²) < 4.78 is 0. The minimum atomic E-state index is -0.328. The average molecular weight is 320 g/mol. The van der Waals surface area contributed by atoms with Crippen molar-refractivity contribution in [2.45, 2.75) is 31.6 Å². The molecule has 2 amide bonds. The number of aromatic amines is 1. The number of hydrogen-bond acceptors (Lipinski definition) is 5. The number of carbonyl (C=O) groups is 2. The first kappa shape index (κ1) is 15.9. The molecule has 0 spiro atoms. The number of H-pyrrole nitrogens is 1. The van der Waals surface area contributed by atoms with Crippen LogP contribution in [0.25, 0.3) is 0 Å². The van der Waals surface area contributed by atoms with E-state index in [0.717, 1.165) is 51.1 Å². The summed E-state index contributed by atoms with van der Waals surface area (Å²) in [5.74, 6) is 1.16. The molecular weight excluding hydrogens is 296 g/mol. The Kier molecular flexibility index (Phi) is 4.90. The van der Waals surface area contributed by atoms with E-state index in [1.165, 1.54) is 6.33 Å². The molecule has 3 heterocycles. The lowest BCUT2D eigenvalue weighted by Gasteiger charge is -2.37. The number of aromatic nitrogens is 3. The quantitative estimate of drug-likeness (QED) is 0.792. The molecule has 2 aliphatic rings. The number of nitrogens with one attached hydrogen (secondary N) is 1. The van der Waals surface area contributed by atoms with E-state index in [1.54, 1.807) is 0 Å². The zero-order valence-corrected chi connectivity index (χ0v) is 13.3. The van der Waals surface area contributed by atoms with Gasteiger partial charge in [0.15, 0.2) is 0 Å². The van der Waals surface area contributed by atoms with Crippen molar-refractivity contribution in [3.63, 3.8) is 0 Å². The molecule has 3 N–H and O–H groups in total. The van der Waals surface area contributed by atoms with Gasteiger partial charge in [-0.2, -0.15) is 5.10 Å². The molecule has 1 aromatic rings. The van der Waals surface area contributed by atoms with Crippen molar-refractivity contribution >= 4 is 11.8 Å². The zero-order chi connectivity index (χ0) is 16.2. The van der Waals surface area contributed by atoms with E-state index in [0.29, 0.717) is 12.5 Å². The second-order valence-corrected chi connectivity index (χ2v) is 6.51. The van der Waals surface area contributed by atoms with Crippen molar-refractivity contribution in [1.82, 2.24) is 25.0 Å². The lowest BCUT2D eigenvalue weighted by Crippen LogP contribution is -2.48. The zero-order valence-electron chi connectivity index (χ0n) is 13.3. The topological polar surface area (TPSA) is 108 Å². The van der Waals surface area contributed by atoms with Crippen LogP contribution >= 0.6 is 0 Å². The predicted molar refractivity (Wildman–Crippen MR) is 83.3 cm³/mol. The summed E-state index contributed by atoms with van der Waals surface area (Å²) >= 11 is 0. The highest BCUT2D eigenvalue weighted by atomic mass is 16.2. The van der Waals surface area contributed by atoms with Gasteiger partial charge in [0, 0.05) is 25.6 Å². The Balaban J connectivity index is 1.51. The van der Waals surface area contributed by atoms with Crippen LogP contribution in [0.3, 0.4) is 0 Å². The van der Waals surface area contributed by atoms with E-state index in [1.807, 2.05) is 9.80 Å². The average Bonchev–Trinajstić information content (AvgIpc) is 3.08. The van der Waals surface area contributed by atoms with Crippen molar-refractivity contribution in [1.29, 1.82) is 0 Å². The Labute approximate surface area is 135 Å². The van der Waals surface area contributed by atoms with E-state index in [9.17, 15) is 9.59 Å². The van der Waals surface area contributed by atoms with Crippen molar-refractivity contribution in [3.8, 4) is 0 Å². The molecular formula is C15H24N6O2. The minimum absolute atomic E-state index is 0.00932. The Morgan fingerprint density at radius 2 is 2.04 bits per heavy atom. The number of hydrogen-bond donors (Lipinski definition) is 2. The third-order valence-electron chi connectivity index (χ3n) is 4.86. The van der Waals surface area contributed by atoms with Gasteiger partial charge in [-0.25, -0.2) is 4.98 Å². The summed E-state index contributed by atoms with van der Waals surface area (Å²) in [6.07, 6.45) is 5.20. The smallest absolute Gasteiger partial charge is 0.231 e. The van der Waals surface area contributed by atoms with Crippen LogP contribution in [0.15, 0.2) is 6.33 Å². The first-order valence-corrected chi connectivity index (χ1v) is 8.28. The van der Waals surface area contributed by atoms with Crippen LogP contribution in [0.1, 0.15) is 37.4 Å². The predicted octanol–water partition coefficient (Wildman–Crippen LogP) is -0.292. The van der Waals surface area contributed by atoms with Gasteiger partial charge in [0.05, 0.1) is 12.5 Å². The van der Waals surface area contributed by atoms with Gasteiger partial charge in [-0.15, -0.1) is 0 Å². The van der Waals surface area contributed by atoms with Gasteiger partial charge in [0.1, 0.15) is 12.2 Å². The molecule has 0 aliphatic carbocycles. The number of nitrogens with zero attached hydrogens (tertiary/aromatic N) is 4. The maximum absolute atomic E-state index is 12.7. The van der Waals surface area contributed by atoms with Crippen LogP contribution in [0.5, 0.6) is 0 Å². The molecule has 8 heteroatoms. The van der Waals surface area contributed by atoms with Crippen molar-refractivity contribution < 1.29 is 9.59 Å². The number of piperidine rings is 2. The van der Waals surface area contributed by atoms with Crippen LogP contribution in [0.2, 0.25) is 0 Å². The summed E-state index contributed by atoms with van der Waals surface area (Å²) in [6, 6.07) is 0. The van der Waals surface area contributed by atoms with Gasteiger partial charge in [0.25, 0.3) is 0 Å².